The molecule has 0 radical (unpaired) electrons. The number of anilines is 1. The Kier molecular flexibility index (Phi) is 4.95. The zero-order valence-electron chi connectivity index (χ0n) is 15.1. The molecule has 0 bridgehead atoms. The van der Waals surface area contributed by atoms with E-state index in [2.05, 4.69) is 5.43 Å². The van der Waals surface area contributed by atoms with Gasteiger partial charge in [-0.1, -0.05) is 30.3 Å². The topological polar surface area (TPSA) is 71.2 Å². The van der Waals surface area contributed by atoms with Crippen LogP contribution in [0.5, 0.6) is 0 Å². The first kappa shape index (κ1) is 17.9. The fraction of sp³-hybridized carbons (Fsp3) is 0.300. The van der Waals surface area contributed by atoms with E-state index < -0.39 is 17.6 Å². The van der Waals surface area contributed by atoms with Gasteiger partial charge in [-0.2, -0.15) is 5.01 Å². The summed E-state index contributed by atoms with van der Waals surface area (Å²) < 4.78 is 10.6. The van der Waals surface area contributed by atoms with Crippen LogP contribution >= 0.6 is 0 Å². The van der Waals surface area contributed by atoms with Crippen LogP contribution in [0.4, 0.5) is 10.5 Å². The van der Waals surface area contributed by atoms with E-state index in [0.717, 1.165) is 10.6 Å². The molecule has 26 heavy (non-hydrogen) atoms. The van der Waals surface area contributed by atoms with Crippen molar-refractivity contribution in [1.29, 1.82) is 0 Å². The fourth-order valence-electron chi connectivity index (χ4n) is 2.36. The summed E-state index contributed by atoms with van der Waals surface area (Å²) >= 11 is 0. The average molecular weight is 354 g/mol. The molecule has 0 saturated carbocycles. The van der Waals surface area contributed by atoms with Crippen molar-refractivity contribution in [1.82, 2.24) is 5.43 Å². The van der Waals surface area contributed by atoms with E-state index in [9.17, 15) is 9.59 Å². The van der Waals surface area contributed by atoms with Gasteiger partial charge in [0.1, 0.15) is 11.7 Å². The number of carbonyl (C=O) groups excluding carboxylic acids is 2. The van der Waals surface area contributed by atoms with E-state index in [0.29, 0.717) is 17.9 Å². The number of para-hydroxylation sites is 1. The number of rotatable bonds is 3. The first-order valence-corrected chi connectivity index (χ1v) is 8.44. The molecule has 0 spiro atoms. The molecule has 2 aromatic carbocycles. The number of benzene rings is 2. The lowest BCUT2D eigenvalue weighted by Crippen LogP contribution is -2.48. The van der Waals surface area contributed by atoms with Crippen molar-refractivity contribution < 1.29 is 19.1 Å². The van der Waals surface area contributed by atoms with E-state index in [1.165, 1.54) is 0 Å². The summed E-state index contributed by atoms with van der Waals surface area (Å²) in [7, 11) is 0. The van der Waals surface area contributed by atoms with Gasteiger partial charge in [0, 0.05) is 5.56 Å². The fourth-order valence-corrected chi connectivity index (χ4v) is 2.36. The van der Waals surface area contributed by atoms with Gasteiger partial charge < -0.3 is 9.47 Å². The molecule has 1 unspecified atom stereocenters. The number of hydrogen-bond donors (Lipinski definition) is 1. The third kappa shape index (κ3) is 4.61. The molecule has 136 valence electrons. The standard InChI is InChI=1S/C20H22N2O4/c1-20(2,3)26-19(24)22(16-7-5-4-6-8-16)21-18(23)15-11-9-14(10-12-15)17-13-25-17/h4-12,17H,13H2,1-3H3,(H,21,23). The first-order valence-electron chi connectivity index (χ1n) is 8.44. The van der Waals surface area contributed by atoms with Crippen molar-refractivity contribution in [3.8, 4) is 0 Å². The SMILES string of the molecule is CC(C)(C)OC(=O)N(NC(=O)c1ccc(C2CO2)cc1)c1ccccc1. The van der Waals surface area contributed by atoms with Gasteiger partial charge in [-0.25, -0.2) is 4.79 Å². The summed E-state index contributed by atoms with van der Waals surface area (Å²) in [6, 6.07) is 16.0. The molecular formula is C20H22N2O4. The predicted molar refractivity (Wildman–Crippen MR) is 97.8 cm³/mol. The quantitative estimate of drug-likeness (QED) is 0.671. The number of nitrogens with zero attached hydrogens (tertiary/aromatic N) is 1. The van der Waals surface area contributed by atoms with E-state index in [-0.39, 0.29) is 6.10 Å². The Morgan fingerprint density at radius 1 is 1.08 bits per heavy atom. The van der Waals surface area contributed by atoms with Gasteiger partial charge in [0.15, 0.2) is 0 Å². The molecule has 1 fully saturated rings. The van der Waals surface area contributed by atoms with Crippen molar-refractivity contribution >= 4 is 17.7 Å². The minimum Gasteiger partial charge on any atom is -0.442 e. The van der Waals surface area contributed by atoms with Crippen LogP contribution in [0.25, 0.3) is 0 Å². The summed E-state index contributed by atoms with van der Waals surface area (Å²) in [6.07, 6.45) is -0.519. The number of amides is 2. The molecule has 1 aliphatic rings. The molecule has 0 aromatic heterocycles. The summed E-state index contributed by atoms with van der Waals surface area (Å²) in [5.74, 6) is -0.400. The maximum absolute atomic E-state index is 12.6. The largest absolute Gasteiger partial charge is 0.442 e. The molecule has 3 rings (SSSR count). The Balaban J connectivity index is 1.77. The highest BCUT2D eigenvalue weighted by Crippen LogP contribution is 2.29. The Hall–Kier alpha value is -2.86. The lowest BCUT2D eigenvalue weighted by molar-refractivity contribution is 0.0548. The molecule has 1 N–H and O–H groups in total. The second kappa shape index (κ2) is 7.17. The van der Waals surface area contributed by atoms with Gasteiger partial charge >= 0.3 is 6.09 Å². The minimum atomic E-state index is -0.680. The Morgan fingerprint density at radius 2 is 1.69 bits per heavy atom. The van der Waals surface area contributed by atoms with E-state index in [1.54, 1.807) is 57.2 Å². The average Bonchev–Trinajstić information content (AvgIpc) is 3.44. The van der Waals surface area contributed by atoms with Crippen LogP contribution in [0, 0.1) is 0 Å². The van der Waals surface area contributed by atoms with Crippen LogP contribution in [0.2, 0.25) is 0 Å². The monoisotopic (exact) mass is 354 g/mol. The zero-order valence-corrected chi connectivity index (χ0v) is 15.1. The van der Waals surface area contributed by atoms with Gasteiger partial charge in [0.05, 0.1) is 12.3 Å². The van der Waals surface area contributed by atoms with Crippen molar-refractivity contribution in [3.05, 3.63) is 65.7 Å². The highest BCUT2D eigenvalue weighted by Gasteiger charge is 2.27. The molecule has 1 saturated heterocycles. The van der Waals surface area contributed by atoms with E-state index in [4.69, 9.17) is 9.47 Å². The highest BCUT2D eigenvalue weighted by atomic mass is 16.6. The van der Waals surface area contributed by atoms with Crippen LogP contribution in [0.3, 0.4) is 0 Å². The van der Waals surface area contributed by atoms with Crippen LogP contribution in [0.1, 0.15) is 42.8 Å². The second-order valence-corrected chi connectivity index (χ2v) is 7.04. The van der Waals surface area contributed by atoms with E-state index in [1.807, 2.05) is 18.2 Å². The molecule has 6 heteroatoms. The lowest BCUT2D eigenvalue weighted by atomic mass is 10.1. The molecule has 2 aromatic rings. The van der Waals surface area contributed by atoms with Crippen molar-refractivity contribution in [2.24, 2.45) is 0 Å². The van der Waals surface area contributed by atoms with Gasteiger partial charge in [-0.3, -0.25) is 10.2 Å². The van der Waals surface area contributed by atoms with Gasteiger partial charge in [-0.05, 0) is 50.6 Å². The smallest absolute Gasteiger partial charge is 0.434 e. The highest BCUT2D eigenvalue weighted by molar-refractivity contribution is 5.99. The third-order valence-electron chi connectivity index (χ3n) is 3.68. The molecule has 6 nitrogen and oxygen atoms in total. The predicted octanol–water partition coefficient (Wildman–Crippen LogP) is 3.84. The Morgan fingerprint density at radius 3 is 2.23 bits per heavy atom. The van der Waals surface area contributed by atoms with Gasteiger partial charge in [0.2, 0.25) is 0 Å². The normalized spacial score (nSPS) is 15.9. The molecule has 2 amide bonds. The first-order chi connectivity index (χ1) is 12.3. The molecular weight excluding hydrogens is 332 g/mol. The van der Waals surface area contributed by atoms with Crippen LogP contribution < -0.4 is 10.4 Å². The third-order valence-corrected chi connectivity index (χ3v) is 3.68. The Bertz CT molecular complexity index is 778. The van der Waals surface area contributed by atoms with Crippen LogP contribution in [-0.4, -0.2) is 24.2 Å². The minimum absolute atomic E-state index is 0.134. The second-order valence-electron chi connectivity index (χ2n) is 7.04. The van der Waals surface area contributed by atoms with E-state index >= 15 is 0 Å². The number of ether oxygens (including phenoxy) is 2. The zero-order chi connectivity index (χ0) is 18.7. The number of hydrogen-bond acceptors (Lipinski definition) is 4. The van der Waals surface area contributed by atoms with Crippen LogP contribution in [-0.2, 0) is 9.47 Å². The Labute approximate surface area is 152 Å². The summed E-state index contributed by atoms with van der Waals surface area (Å²) in [4.78, 5) is 25.2. The van der Waals surface area contributed by atoms with Crippen LogP contribution in [0.15, 0.2) is 54.6 Å². The summed E-state index contributed by atoms with van der Waals surface area (Å²) in [6.45, 7) is 6.03. The van der Waals surface area contributed by atoms with Crippen molar-refractivity contribution in [3.63, 3.8) is 0 Å². The number of epoxide rings is 1. The maximum atomic E-state index is 12.6. The summed E-state index contributed by atoms with van der Waals surface area (Å²) in [5.41, 5.74) is 3.94. The van der Waals surface area contributed by atoms with Crippen molar-refractivity contribution in [2.75, 3.05) is 11.6 Å². The maximum Gasteiger partial charge on any atom is 0.434 e. The molecule has 0 aliphatic carbocycles. The van der Waals surface area contributed by atoms with Gasteiger partial charge in [-0.15, -0.1) is 0 Å². The molecule has 1 atom stereocenters. The van der Waals surface area contributed by atoms with Crippen molar-refractivity contribution in [2.45, 2.75) is 32.5 Å². The summed E-state index contributed by atoms with van der Waals surface area (Å²) in [5, 5.41) is 1.12. The molecule has 1 heterocycles. The lowest BCUT2D eigenvalue weighted by Gasteiger charge is -2.27. The number of carbonyl (C=O) groups is 2. The molecule has 1 aliphatic heterocycles. The van der Waals surface area contributed by atoms with Gasteiger partial charge in [0.25, 0.3) is 5.91 Å². The number of nitrogens with one attached hydrogen (secondary N) is 1. The number of hydrazine groups is 1.